The minimum Gasteiger partial charge on any atom is -0.395 e. The Morgan fingerprint density at radius 1 is 1.33 bits per heavy atom. The Kier molecular flexibility index (Phi) is 2.67. The van der Waals surface area contributed by atoms with E-state index in [0.29, 0.717) is 23.1 Å². The molecule has 1 heterocycles. The minimum absolute atomic E-state index is 0.116. The summed E-state index contributed by atoms with van der Waals surface area (Å²) in [5.41, 5.74) is 2.91. The number of rotatable bonds is 2. The lowest BCUT2D eigenvalue weighted by atomic mass is 9.79. The van der Waals surface area contributed by atoms with Crippen LogP contribution in [-0.4, -0.2) is 21.9 Å². The van der Waals surface area contributed by atoms with Gasteiger partial charge >= 0.3 is 0 Å². The highest BCUT2D eigenvalue weighted by molar-refractivity contribution is 5.62. The molecule has 0 spiro atoms. The second-order valence-electron chi connectivity index (χ2n) is 6.26. The van der Waals surface area contributed by atoms with Gasteiger partial charge in [-0.15, -0.1) is 0 Å². The fraction of sp³-hybridized carbons (Fsp3) is 0.412. The maximum Gasteiger partial charge on any atom is 0.132 e. The molecule has 108 valence electrons. The van der Waals surface area contributed by atoms with Gasteiger partial charge in [0.05, 0.1) is 18.0 Å². The van der Waals surface area contributed by atoms with E-state index in [1.54, 1.807) is 18.2 Å². The van der Waals surface area contributed by atoms with Gasteiger partial charge in [-0.25, -0.2) is 4.39 Å². The molecule has 2 aliphatic rings. The predicted octanol–water partition coefficient (Wildman–Crippen LogP) is 3.04. The van der Waals surface area contributed by atoms with Gasteiger partial charge in [0.15, 0.2) is 0 Å². The first-order chi connectivity index (χ1) is 10.2. The van der Waals surface area contributed by atoms with Gasteiger partial charge in [0.1, 0.15) is 5.82 Å². The Morgan fingerprint density at radius 2 is 2.14 bits per heavy atom. The summed E-state index contributed by atoms with van der Waals surface area (Å²) in [4.78, 5) is 0. The maximum atomic E-state index is 13.9. The number of hydrogen-bond donors (Lipinski definition) is 1. The minimum atomic E-state index is -0.278. The van der Waals surface area contributed by atoms with Crippen molar-refractivity contribution in [1.29, 1.82) is 0 Å². The molecular formula is C17H17FN2O. The predicted molar refractivity (Wildman–Crippen MR) is 77.3 cm³/mol. The molecule has 1 aromatic carbocycles. The number of benzene rings is 1. The Bertz CT molecular complexity index is 718. The third-order valence-corrected chi connectivity index (χ3v) is 5.50. The normalized spacial score (nSPS) is 29.7. The van der Waals surface area contributed by atoms with Gasteiger partial charge in [-0.1, -0.05) is 19.1 Å². The molecule has 4 rings (SSSR count). The lowest BCUT2D eigenvalue weighted by Gasteiger charge is -2.27. The largest absolute Gasteiger partial charge is 0.395 e. The van der Waals surface area contributed by atoms with Gasteiger partial charge in [0, 0.05) is 11.0 Å². The second-order valence-corrected chi connectivity index (χ2v) is 6.26. The fourth-order valence-corrected chi connectivity index (χ4v) is 4.21. The van der Waals surface area contributed by atoms with Crippen LogP contribution in [0, 0.1) is 11.7 Å². The molecule has 3 atom stereocenters. The van der Waals surface area contributed by atoms with Crippen molar-refractivity contribution in [2.45, 2.75) is 31.1 Å². The summed E-state index contributed by atoms with van der Waals surface area (Å²) < 4.78 is 13.9. The molecule has 0 saturated heterocycles. The average molecular weight is 284 g/mol. The van der Waals surface area contributed by atoms with Crippen LogP contribution in [0.25, 0.3) is 11.3 Å². The molecule has 4 heteroatoms. The average Bonchev–Trinajstić information content (AvgIpc) is 2.96. The highest BCUT2D eigenvalue weighted by atomic mass is 19.1. The van der Waals surface area contributed by atoms with Crippen molar-refractivity contribution in [3.63, 3.8) is 0 Å². The Morgan fingerprint density at radius 3 is 2.90 bits per heavy atom. The third kappa shape index (κ3) is 1.57. The van der Waals surface area contributed by atoms with Gasteiger partial charge in [-0.3, -0.25) is 0 Å². The Hall–Kier alpha value is -1.81. The van der Waals surface area contributed by atoms with Gasteiger partial charge in [0.25, 0.3) is 0 Å². The van der Waals surface area contributed by atoms with Crippen molar-refractivity contribution >= 4 is 0 Å². The van der Waals surface area contributed by atoms with E-state index in [1.165, 1.54) is 6.07 Å². The molecule has 3 unspecified atom stereocenters. The van der Waals surface area contributed by atoms with Crippen molar-refractivity contribution in [1.82, 2.24) is 10.2 Å². The molecule has 1 N–H and O–H groups in total. The number of hydrogen-bond acceptors (Lipinski definition) is 3. The van der Waals surface area contributed by atoms with Gasteiger partial charge < -0.3 is 5.11 Å². The standard InChI is InChI=1S/C17H17FN2O/c1-10-11-6-7-17(10,9-21)16-13(11)8-15(19-20-16)12-4-2-3-5-14(12)18/h2-5,8,10-11,21H,6-7,9H2,1H3. The number of aromatic nitrogens is 2. The fourth-order valence-electron chi connectivity index (χ4n) is 4.21. The summed E-state index contributed by atoms with van der Waals surface area (Å²) >= 11 is 0. The van der Waals surface area contributed by atoms with E-state index in [1.807, 2.05) is 6.07 Å². The zero-order valence-electron chi connectivity index (χ0n) is 11.9. The zero-order chi connectivity index (χ0) is 14.6. The smallest absolute Gasteiger partial charge is 0.132 e. The number of aliphatic hydroxyl groups excluding tert-OH is 1. The lowest BCUT2D eigenvalue weighted by Crippen LogP contribution is -2.32. The molecule has 2 aromatic rings. The van der Waals surface area contributed by atoms with Gasteiger partial charge in [-0.05, 0) is 48.4 Å². The van der Waals surface area contributed by atoms with Crippen LogP contribution in [0.3, 0.4) is 0 Å². The van der Waals surface area contributed by atoms with Crippen LogP contribution in [0.1, 0.15) is 36.9 Å². The lowest BCUT2D eigenvalue weighted by molar-refractivity contribution is 0.165. The van der Waals surface area contributed by atoms with Gasteiger partial charge in [-0.2, -0.15) is 10.2 Å². The van der Waals surface area contributed by atoms with Crippen molar-refractivity contribution < 1.29 is 9.50 Å². The van der Waals surface area contributed by atoms with E-state index in [0.717, 1.165) is 24.1 Å². The van der Waals surface area contributed by atoms with Crippen molar-refractivity contribution in [2.24, 2.45) is 5.92 Å². The summed E-state index contributed by atoms with van der Waals surface area (Å²) in [6.07, 6.45) is 2.03. The summed E-state index contributed by atoms with van der Waals surface area (Å²) in [6.45, 7) is 2.30. The first kappa shape index (κ1) is 12.9. The number of nitrogens with zero attached hydrogens (tertiary/aromatic N) is 2. The summed E-state index contributed by atoms with van der Waals surface area (Å²) in [5.74, 6) is 0.510. The van der Waals surface area contributed by atoms with Crippen LogP contribution in [-0.2, 0) is 5.41 Å². The van der Waals surface area contributed by atoms with Crippen LogP contribution < -0.4 is 0 Å². The number of fused-ring (bicyclic) bond motifs is 5. The number of aliphatic hydroxyl groups is 1. The highest BCUT2D eigenvalue weighted by Gasteiger charge is 2.56. The zero-order valence-corrected chi connectivity index (χ0v) is 11.9. The van der Waals surface area contributed by atoms with Crippen LogP contribution in [0.15, 0.2) is 30.3 Å². The summed E-state index contributed by atoms with van der Waals surface area (Å²) in [7, 11) is 0. The number of halogens is 1. The van der Waals surface area contributed by atoms with Crippen molar-refractivity contribution in [2.75, 3.05) is 6.61 Å². The maximum absolute atomic E-state index is 13.9. The summed E-state index contributed by atoms with van der Waals surface area (Å²) in [6, 6.07) is 8.61. The third-order valence-electron chi connectivity index (χ3n) is 5.50. The Balaban J connectivity index is 1.87. The Labute approximate surface area is 122 Å². The molecule has 1 saturated carbocycles. The molecule has 2 bridgehead atoms. The topological polar surface area (TPSA) is 46.0 Å². The molecule has 21 heavy (non-hydrogen) atoms. The van der Waals surface area contributed by atoms with E-state index < -0.39 is 0 Å². The van der Waals surface area contributed by atoms with Crippen LogP contribution >= 0.6 is 0 Å². The first-order valence-corrected chi connectivity index (χ1v) is 7.41. The van der Waals surface area contributed by atoms with E-state index in [4.69, 9.17) is 0 Å². The van der Waals surface area contributed by atoms with Crippen LogP contribution in [0.4, 0.5) is 4.39 Å². The molecule has 0 amide bonds. The molecular weight excluding hydrogens is 267 g/mol. The molecule has 2 aliphatic carbocycles. The molecule has 1 fully saturated rings. The van der Waals surface area contributed by atoms with E-state index >= 15 is 0 Å². The van der Waals surface area contributed by atoms with Crippen LogP contribution in [0.5, 0.6) is 0 Å². The SMILES string of the molecule is CC1C2CCC1(CO)c1nnc(-c3ccccc3F)cc12. The second kappa shape index (κ2) is 4.34. The monoisotopic (exact) mass is 284 g/mol. The quantitative estimate of drug-likeness (QED) is 0.922. The van der Waals surface area contributed by atoms with Gasteiger partial charge in [0.2, 0.25) is 0 Å². The molecule has 0 aliphatic heterocycles. The molecule has 3 nitrogen and oxygen atoms in total. The van der Waals surface area contributed by atoms with Crippen molar-refractivity contribution in [3.8, 4) is 11.3 Å². The first-order valence-electron chi connectivity index (χ1n) is 7.41. The summed E-state index contributed by atoms with van der Waals surface area (Å²) in [5, 5.41) is 18.5. The van der Waals surface area contributed by atoms with Crippen LogP contribution in [0.2, 0.25) is 0 Å². The molecule has 1 aromatic heterocycles. The van der Waals surface area contributed by atoms with E-state index in [-0.39, 0.29) is 17.8 Å². The molecule has 0 radical (unpaired) electrons. The van der Waals surface area contributed by atoms with E-state index in [9.17, 15) is 9.50 Å². The van der Waals surface area contributed by atoms with E-state index in [2.05, 4.69) is 17.1 Å². The highest BCUT2D eigenvalue weighted by Crippen LogP contribution is 2.60. The van der Waals surface area contributed by atoms with Crippen molar-refractivity contribution in [3.05, 3.63) is 47.4 Å².